The van der Waals surface area contributed by atoms with Gasteiger partial charge in [0.15, 0.2) is 0 Å². The van der Waals surface area contributed by atoms with Crippen molar-refractivity contribution in [2.24, 2.45) is 0 Å². The number of alkyl halides is 3. The van der Waals surface area contributed by atoms with Crippen LogP contribution in [0.3, 0.4) is 0 Å². The fourth-order valence-electron chi connectivity index (χ4n) is 3.86. The van der Waals surface area contributed by atoms with Crippen LogP contribution in [0.5, 0.6) is 5.88 Å². The summed E-state index contributed by atoms with van der Waals surface area (Å²) in [6.45, 7) is 3.70. The standard InChI is InChI=1S/C21H26F3N7O3/c1-12-11-33-4-3-31(12)20-28-16(13-9-26-19(25)27-10-13)7-17(29-20)34-15-5-14(6-15)30(2)18(32)8-21(22,23)24/h7,9-10,12,14-15H,3-6,8,11H2,1-2H3,(H2,25,26,27)/t12-,14?,15?/m0/s1. The number of carbonyl (C=O) groups excluding carboxylic acids is 1. The van der Waals surface area contributed by atoms with Gasteiger partial charge in [0.2, 0.25) is 23.7 Å². The molecule has 1 aliphatic carbocycles. The van der Waals surface area contributed by atoms with Gasteiger partial charge < -0.3 is 25.0 Å². The Balaban J connectivity index is 1.49. The minimum atomic E-state index is -4.53. The zero-order valence-corrected chi connectivity index (χ0v) is 18.8. The van der Waals surface area contributed by atoms with E-state index >= 15 is 0 Å². The Hall–Kier alpha value is -3.22. The van der Waals surface area contributed by atoms with E-state index in [9.17, 15) is 18.0 Å². The Kier molecular flexibility index (Phi) is 6.73. The van der Waals surface area contributed by atoms with Crippen molar-refractivity contribution in [1.29, 1.82) is 0 Å². The van der Waals surface area contributed by atoms with Crippen molar-refractivity contribution in [3.05, 3.63) is 18.5 Å². The fraction of sp³-hybridized carbons (Fsp3) is 0.571. The first-order valence-electron chi connectivity index (χ1n) is 10.9. The first-order valence-corrected chi connectivity index (χ1v) is 10.9. The molecule has 1 amide bonds. The van der Waals surface area contributed by atoms with Gasteiger partial charge >= 0.3 is 6.18 Å². The highest BCUT2D eigenvalue weighted by molar-refractivity contribution is 5.77. The van der Waals surface area contributed by atoms with E-state index in [1.807, 2.05) is 11.8 Å². The SMILES string of the molecule is C[C@H]1COCCN1c1nc(OC2CC(N(C)C(=O)CC(F)(F)F)C2)cc(-c2cnc(N)nc2)n1. The zero-order valence-electron chi connectivity index (χ0n) is 18.8. The van der Waals surface area contributed by atoms with Gasteiger partial charge in [-0.15, -0.1) is 0 Å². The number of nitrogen functional groups attached to an aromatic ring is 1. The molecule has 2 aliphatic rings. The molecule has 1 atom stereocenters. The van der Waals surface area contributed by atoms with Crippen LogP contribution in [0.1, 0.15) is 26.2 Å². The molecular weight excluding hydrogens is 455 g/mol. The number of carbonyl (C=O) groups is 1. The number of anilines is 2. The Morgan fingerprint density at radius 1 is 1.29 bits per heavy atom. The lowest BCUT2D eigenvalue weighted by Gasteiger charge is -2.41. The largest absolute Gasteiger partial charge is 0.474 e. The second kappa shape index (κ2) is 9.57. The molecule has 1 saturated heterocycles. The maximum atomic E-state index is 12.5. The number of morpholine rings is 1. The number of aromatic nitrogens is 4. The average molecular weight is 481 g/mol. The van der Waals surface area contributed by atoms with E-state index in [1.165, 1.54) is 7.05 Å². The van der Waals surface area contributed by atoms with Gasteiger partial charge in [0.05, 0.1) is 24.9 Å². The maximum Gasteiger partial charge on any atom is 0.397 e. The van der Waals surface area contributed by atoms with Gasteiger partial charge in [-0.1, -0.05) is 0 Å². The third-order valence-electron chi connectivity index (χ3n) is 5.93. The number of amides is 1. The molecule has 184 valence electrons. The van der Waals surface area contributed by atoms with E-state index in [0.29, 0.717) is 55.7 Å². The van der Waals surface area contributed by atoms with E-state index in [1.54, 1.807) is 18.5 Å². The molecule has 2 fully saturated rings. The van der Waals surface area contributed by atoms with E-state index < -0.39 is 18.5 Å². The Labute approximate surface area is 194 Å². The van der Waals surface area contributed by atoms with Crippen LogP contribution in [0.4, 0.5) is 25.1 Å². The second-order valence-corrected chi connectivity index (χ2v) is 8.50. The van der Waals surface area contributed by atoms with Crippen molar-refractivity contribution < 1.29 is 27.4 Å². The Morgan fingerprint density at radius 2 is 2.00 bits per heavy atom. The maximum absolute atomic E-state index is 12.5. The number of nitrogens with zero attached hydrogens (tertiary/aromatic N) is 6. The molecule has 13 heteroatoms. The number of hydrogen-bond donors (Lipinski definition) is 1. The molecular formula is C21H26F3N7O3. The normalized spacial score (nSPS) is 22.7. The van der Waals surface area contributed by atoms with Crippen LogP contribution in [0.25, 0.3) is 11.3 Å². The third kappa shape index (κ3) is 5.64. The van der Waals surface area contributed by atoms with Gasteiger partial charge in [0, 0.05) is 56.5 Å². The van der Waals surface area contributed by atoms with Crippen molar-refractivity contribution in [3.63, 3.8) is 0 Å². The van der Waals surface area contributed by atoms with E-state index in [4.69, 9.17) is 15.2 Å². The van der Waals surface area contributed by atoms with Crippen LogP contribution in [-0.4, -0.2) is 81.9 Å². The van der Waals surface area contributed by atoms with Crippen LogP contribution in [0.2, 0.25) is 0 Å². The first-order chi connectivity index (χ1) is 16.1. The number of nitrogens with two attached hydrogens (primary N) is 1. The zero-order chi connectivity index (χ0) is 24.5. The summed E-state index contributed by atoms with van der Waals surface area (Å²) < 4.78 is 49.1. The number of rotatable bonds is 6. The molecule has 0 unspecified atom stereocenters. The molecule has 0 aromatic carbocycles. The summed E-state index contributed by atoms with van der Waals surface area (Å²) in [7, 11) is 1.39. The molecule has 2 aromatic rings. The molecule has 0 radical (unpaired) electrons. The lowest BCUT2D eigenvalue weighted by Crippen LogP contribution is -2.50. The van der Waals surface area contributed by atoms with Gasteiger partial charge in [-0.25, -0.2) is 15.0 Å². The summed E-state index contributed by atoms with van der Waals surface area (Å²) in [5, 5.41) is 0. The minimum absolute atomic E-state index is 0.0564. The van der Waals surface area contributed by atoms with Crippen molar-refractivity contribution in [1.82, 2.24) is 24.8 Å². The topological polar surface area (TPSA) is 120 Å². The fourth-order valence-corrected chi connectivity index (χ4v) is 3.86. The van der Waals surface area contributed by atoms with Gasteiger partial charge in [0.25, 0.3) is 0 Å². The van der Waals surface area contributed by atoms with Gasteiger partial charge in [-0.3, -0.25) is 4.79 Å². The van der Waals surface area contributed by atoms with Gasteiger partial charge in [0.1, 0.15) is 12.5 Å². The summed E-state index contributed by atoms with van der Waals surface area (Å²) >= 11 is 0. The van der Waals surface area contributed by atoms with E-state index in [0.717, 1.165) is 4.90 Å². The summed E-state index contributed by atoms with van der Waals surface area (Å²) in [6, 6.07) is 1.40. The number of halogens is 3. The molecule has 34 heavy (non-hydrogen) atoms. The smallest absolute Gasteiger partial charge is 0.397 e. The number of hydrogen-bond acceptors (Lipinski definition) is 9. The highest BCUT2D eigenvalue weighted by Crippen LogP contribution is 2.32. The average Bonchev–Trinajstić information content (AvgIpc) is 2.75. The summed E-state index contributed by atoms with van der Waals surface area (Å²) in [6.07, 6.45) is -2.34. The first kappa shape index (κ1) is 23.9. The van der Waals surface area contributed by atoms with Crippen molar-refractivity contribution >= 4 is 17.8 Å². The highest BCUT2D eigenvalue weighted by Gasteiger charge is 2.40. The molecule has 3 heterocycles. The predicted octanol–water partition coefficient (Wildman–Crippen LogP) is 2.06. The van der Waals surface area contributed by atoms with Crippen LogP contribution in [0, 0.1) is 0 Å². The lowest BCUT2D eigenvalue weighted by molar-refractivity contribution is -0.164. The van der Waals surface area contributed by atoms with Gasteiger partial charge in [-0.2, -0.15) is 18.2 Å². The Morgan fingerprint density at radius 3 is 2.65 bits per heavy atom. The third-order valence-corrected chi connectivity index (χ3v) is 5.93. The quantitative estimate of drug-likeness (QED) is 0.661. The second-order valence-electron chi connectivity index (χ2n) is 8.50. The summed E-state index contributed by atoms with van der Waals surface area (Å²) in [4.78, 5) is 32.3. The molecule has 0 spiro atoms. The van der Waals surface area contributed by atoms with E-state index in [-0.39, 0.29) is 24.1 Å². The highest BCUT2D eigenvalue weighted by atomic mass is 19.4. The molecule has 1 saturated carbocycles. The van der Waals surface area contributed by atoms with E-state index in [2.05, 4.69) is 19.9 Å². The molecule has 1 aliphatic heterocycles. The Bertz CT molecular complexity index is 1020. The van der Waals surface area contributed by atoms with Crippen LogP contribution in [-0.2, 0) is 9.53 Å². The molecule has 2 N–H and O–H groups in total. The van der Waals surface area contributed by atoms with Crippen molar-refractivity contribution in [2.75, 3.05) is 37.4 Å². The minimum Gasteiger partial charge on any atom is -0.474 e. The summed E-state index contributed by atoms with van der Waals surface area (Å²) in [5.41, 5.74) is 6.77. The molecule has 4 rings (SSSR count). The van der Waals surface area contributed by atoms with Crippen LogP contribution in [0.15, 0.2) is 18.5 Å². The predicted molar refractivity (Wildman–Crippen MR) is 116 cm³/mol. The monoisotopic (exact) mass is 481 g/mol. The van der Waals surface area contributed by atoms with Crippen molar-refractivity contribution in [2.45, 2.75) is 50.6 Å². The molecule has 10 nitrogen and oxygen atoms in total. The number of ether oxygens (including phenoxy) is 2. The van der Waals surface area contributed by atoms with Crippen molar-refractivity contribution in [3.8, 4) is 17.1 Å². The molecule has 0 bridgehead atoms. The van der Waals surface area contributed by atoms with Crippen LogP contribution < -0.4 is 15.4 Å². The van der Waals surface area contributed by atoms with Crippen LogP contribution >= 0.6 is 0 Å². The summed E-state index contributed by atoms with van der Waals surface area (Å²) in [5.74, 6) is -0.0232. The molecule has 2 aromatic heterocycles. The van der Waals surface area contributed by atoms with Gasteiger partial charge in [-0.05, 0) is 6.92 Å². The lowest BCUT2D eigenvalue weighted by atomic mass is 9.88.